The van der Waals surface area contributed by atoms with Crippen LogP contribution in [0.5, 0.6) is 0 Å². The summed E-state index contributed by atoms with van der Waals surface area (Å²) in [5.74, 6) is -5.49. The number of carbonyl (C=O) groups is 2. The monoisotopic (exact) mass is 400 g/mol. The van der Waals surface area contributed by atoms with Gasteiger partial charge in [-0.15, -0.1) is 0 Å². The highest BCUT2D eigenvalue weighted by Crippen LogP contribution is 2.19. The minimum Gasteiger partial charge on any atom is -0.321 e. The molecular formula is C18H18ClF3N3O2+. The third-order valence-electron chi connectivity index (χ3n) is 3.97. The highest BCUT2D eigenvalue weighted by molar-refractivity contribution is 6.30. The maximum Gasteiger partial charge on any atom is 0.282 e. The third kappa shape index (κ3) is 5.45. The van der Waals surface area contributed by atoms with Gasteiger partial charge in [-0.25, -0.2) is 13.2 Å². The first kappa shape index (κ1) is 20.7. The summed E-state index contributed by atoms with van der Waals surface area (Å²) in [5, 5.41) is 5.32. The van der Waals surface area contributed by atoms with Gasteiger partial charge in [-0.3, -0.25) is 9.59 Å². The van der Waals surface area contributed by atoms with E-state index in [0.717, 1.165) is 6.07 Å². The van der Waals surface area contributed by atoms with Gasteiger partial charge in [0.05, 0.1) is 12.7 Å². The molecule has 27 heavy (non-hydrogen) atoms. The largest absolute Gasteiger partial charge is 0.321 e. The summed E-state index contributed by atoms with van der Waals surface area (Å²) in [4.78, 5) is 24.8. The van der Waals surface area contributed by atoms with Crippen LogP contribution in [0.3, 0.4) is 0 Å². The van der Waals surface area contributed by atoms with E-state index in [1.165, 1.54) is 0 Å². The van der Waals surface area contributed by atoms with Gasteiger partial charge in [-0.1, -0.05) is 17.7 Å². The van der Waals surface area contributed by atoms with Gasteiger partial charge in [-0.05, 0) is 37.3 Å². The van der Waals surface area contributed by atoms with Crippen LogP contribution in [0.2, 0.25) is 5.02 Å². The van der Waals surface area contributed by atoms with Crippen LogP contribution in [0.15, 0.2) is 36.4 Å². The summed E-state index contributed by atoms with van der Waals surface area (Å²) in [6, 6.07) is 7.62. The number of carbonyl (C=O) groups excluding carboxylic acids is 2. The van der Waals surface area contributed by atoms with E-state index >= 15 is 0 Å². The van der Waals surface area contributed by atoms with Crippen molar-refractivity contribution in [3.63, 3.8) is 0 Å². The van der Waals surface area contributed by atoms with Gasteiger partial charge in [-0.2, -0.15) is 0 Å². The SMILES string of the molecule is C[C@@H](C(=O)Nc1cccc(Cl)c1)[NH+](C)CC(=O)Nc1ccc(F)c(F)c1F. The molecule has 9 heteroatoms. The Morgan fingerprint density at radius 2 is 1.81 bits per heavy atom. The smallest absolute Gasteiger partial charge is 0.282 e. The topological polar surface area (TPSA) is 62.6 Å². The number of anilines is 2. The lowest BCUT2D eigenvalue weighted by Crippen LogP contribution is -3.14. The van der Waals surface area contributed by atoms with Crippen molar-refractivity contribution in [3.8, 4) is 0 Å². The molecule has 2 rings (SSSR count). The van der Waals surface area contributed by atoms with Gasteiger partial charge in [0.1, 0.15) is 0 Å². The molecule has 0 saturated carbocycles. The number of amides is 2. The molecule has 0 fully saturated rings. The molecule has 2 amide bonds. The van der Waals surface area contributed by atoms with Gasteiger partial charge < -0.3 is 15.5 Å². The molecule has 0 aliphatic rings. The van der Waals surface area contributed by atoms with Crippen molar-refractivity contribution in [1.82, 2.24) is 0 Å². The van der Waals surface area contributed by atoms with E-state index in [2.05, 4.69) is 10.6 Å². The van der Waals surface area contributed by atoms with Crippen LogP contribution in [-0.4, -0.2) is 31.4 Å². The van der Waals surface area contributed by atoms with E-state index in [9.17, 15) is 22.8 Å². The van der Waals surface area contributed by atoms with Crippen molar-refractivity contribution < 1.29 is 27.7 Å². The van der Waals surface area contributed by atoms with Crippen LogP contribution in [0.4, 0.5) is 24.5 Å². The van der Waals surface area contributed by atoms with Crippen LogP contribution in [0.25, 0.3) is 0 Å². The molecule has 0 aromatic heterocycles. The van der Waals surface area contributed by atoms with Crippen molar-refractivity contribution >= 4 is 34.8 Å². The van der Waals surface area contributed by atoms with Crippen molar-refractivity contribution in [1.29, 1.82) is 0 Å². The molecule has 2 aromatic rings. The molecule has 144 valence electrons. The van der Waals surface area contributed by atoms with Crippen molar-refractivity contribution in [2.75, 3.05) is 24.2 Å². The summed E-state index contributed by atoms with van der Waals surface area (Å²) in [7, 11) is 1.60. The minimum absolute atomic E-state index is 0.192. The number of hydrogen-bond acceptors (Lipinski definition) is 2. The Balaban J connectivity index is 1.95. The average Bonchev–Trinajstić information content (AvgIpc) is 2.61. The second kappa shape index (κ2) is 8.88. The molecule has 0 aliphatic carbocycles. The third-order valence-corrected chi connectivity index (χ3v) is 4.21. The second-order valence-corrected chi connectivity index (χ2v) is 6.45. The zero-order valence-electron chi connectivity index (χ0n) is 14.6. The number of nitrogens with one attached hydrogen (secondary N) is 3. The summed E-state index contributed by atoms with van der Waals surface area (Å²) >= 11 is 5.86. The predicted octanol–water partition coefficient (Wildman–Crippen LogP) is 2.24. The minimum atomic E-state index is -1.66. The first-order valence-corrected chi connectivity index (χ1v) is 8.39. The predicted molar refractivity (Wildman–Crippen MR) is 96.2 cm³/mol. The van der Waals surface area contributed by atoms with E-state index < -0.39 is 35.1 Å². The van der Waals surface area contributed by atoms with Crippen molar-refractivity contribution in [3.05, 3.63) is 58.9 Å². The highest BCUT2D eigenvalue weighted by Gasteiger charge is 2.25. The molecule has 0 spiro atoms. The molecule has 3 N–H and O–H groups in total. The van der Waals surface area contributed by atoms with Crippen LogP contribution < -0.4 is 15.5 Å². The summed E-state index contributed by atoms with van der Waals surface area (Å²) < 4.78 is 39.7. The molecule has 0 aliphatic heterocycles. The van der Waals surface area contributed by atoms with Crippen LogP contribution >= 0.6 is 11.6 Å². The quantitative estimate of drug-likeness (QED) is 0.651. The molecule has 5 nitrogen and oxygen atoms in total. The molecular weight excluding hydrogens is 383 g/mol. The van der Waals surface area contributed by atoms with Gasteiger partial charge in [0.2, 0.25) is 0 Å². The lowest BCUT2D eigenvalue weighted by molar-refractivity contribution is -0.885. The summed E-state index contributed by atoms with van der Waals surface area (Å²) in [6.07, 6.45) is 0. The number of quaternary nitrogens is 1. The summed E-state index contributed by atoms with van der Waals surface area (Å²) in [6.45, 7) is 1.42. The molecule has 2 atom stereocenters. The average molecular weight is 401 g/mol. The maximum atomic E-state index is 13.6. The second-order valence-electron chi connectivity index (χ2n) is 6.02. The molecule has 0 radical (unpaired) electrons. The van der Waals surface area contributed by atoms with E-state index in [0.29, 0.717) is 21.7 Å². The normalized spacial score (nSPS) is 13.0. The van der Waals surface area contributed by atoms with Crippen LogP contribution in [0.1, 0.15) is 6.92 Å². The zero-order chi connectivity index (χ0) is 20.1. The van der Waals surface area contributed by atoms with Gasteiger partial charge in [0, 0.05) is 10.7 Å². The Hall–Kier alpha value is -2.58. The molecule has 1 unspecified atom stereocenters. The van der Waals surface area contributed by atoms with Gasteiger partial charge in [0.15, 0.2) is 30.0 Å². The number of rotatable bonds is 6. The van der Waals surface area contributed by atoms with Crippen molar-refractivity contribution in [2.45, 2.75) is 13.0 Å². The Kier molecular flexibility index (Phi) is 6.81. The Morgan fingerprint density at radius 3 is 2.48 bits per heavy atom. The Bertz CT molecular complexity index is 864. The van der Waals surface area contributed by atoms with Gasteiger partial charge >= 0.3 is 0 Å². The van der Waals surface area contributed by atoms with E-state index in [1.54, 1.807) is 38.2 Å². The lowest BCUT2D eigenvalue weighted by atomic mass is 10.2. The highest BCUT2D eigenvalue weighted by atomic mass is 35.5. The molecule has 0 bridgehead atoms. The first-order valence-electron chi connectivity index (χ1n) is 8.01. The first-order chi connectivity index (χ1) is 12.7. The lowest BCUT2D eigenvalue weighted by Gasteiger charge is -2.20. The van der Waals surface area contributed by atoms with E-state index in [-0.39, 0.29) is 12.5 Å². The fraction of sp³-hybridized carbons (Fsp3) is 0.222. The Morgan fingerprint density at radius 1 is 1.11 bits per heavy atom. The Labute approximate surface area is 159 Å². The maximum absolute atomic E-state index is 13.6. The molecule has 2 aromatic carbocycles. The van der Waals surface area contributed by atoms with Gasteiger partial charge in [0.25, 0.3) is 11.8 Å². The number of halogens is 4. The fourth-order valence-corrected chi connectivity index (χ4v) is 2.45. The van der Waals surface area contributed by atoms with Crippen molar-refractivity contribution in [2.24, 2.45) is 0 Å². The standard InChI is InChI=1S/C18H17ClF3N3O2/c1-10(18(27)23-12-5-3-4-11(19)8-12)25(2)9-15(26)24-14-7-6-13(20)16(21)17(14)22/h3-8,10H,9H2,1-2H3,(H,23,27)(H,24,26)/p+1/t10-/m0/s1. The number of hydrogen-bond donors (Lipinski definition) is 3. The van der Waals surface area contributed by atoms with E-state index in [4.69, 9.17) is 11.6 Å². The number of likely N-dealkylation sites (N-methyl/N-ethyl adjacent to an activating group) is 1. The number of benzene rings is 2. The summed E-state index contributed by atoms with van der Waals surface area (Å²) in [5.41, 5.74) is 0.0446. The zero-order valence-corrected chi connectivity index (χ0v) is 15.3. The fourth-order valence-electron chi connectivity index (χ4n) is 2.26. The molecule has 0 saturated heterocycles. The van der Waals surface area contributed by atoms with Crippen LogP contribution in [-0.2, 0) is 9.59 Å². The van der Waals surface area contributed by atoms with E-state index in [1.807, 2.05) is 0 Å². The molecule has 0 heterocycles. The van der Waals surface area contributed by atoms with Crippen LogP contribution in [0, 0.1) is 17.5 Å².